The third-order valence-corrected chi connectivity index (χ3v) is 6.50. The lowest BCUT2D eigenvalue weighted by Crippen LogP contribution is -2.61. The Kier molecular flexibility index (Phi) is 4.48. The summed E-state index contributed by atoms with van der Waals surface area (Å²) < 4.78 is 0. The Bertz CT molecular complexity index is 654. The van der Waals surface area contributed by atoms with Crippen molar-refractivity contribution in [3.05, 3.63) is 33.8 Å². The summed E-state index contributed by atoms with van der Waals surface area (Å²) in [6, 6.07) is 5.34. The Morgan fingerprint density at radius 2 is 1.75 bits per heavy atom. The lowest BCUT2D eigenvalue weighted by Gasteiger charge is -2.57. The van der Waals surface area contributed by atoms with Gasteiger partial charge in [-0.15, -0.1) is 0 Å². The van der Waals surface area contributed by atoms with Gasteiger partial charge in [-0.25, -0.2) is 0 Å². The summed E-state index contributed by atoms with van der Waals surface area (Å²) >= 11 is 17.5. The van der Waals surface area contributed by atoms with Crippen LogP contribution in [0.3, 0.4) is 0 Å². The normalized spacial score (nSPS) is 33.8. The fourth-order valence-corrected chi connectivity index (χ4v) is 6.03. The molecule has 4 aliphatic carbocycles. The highest BCUT2D eigenvalue weighted by Crippen LogP contribution is 2.55. The van der Waals surface area contributed by atoms with Gasteiger partial charge in [0.1, 0.15) is 0 Å². The molecule has 24 heavy (non-hydrogen) atoms. The zero-order valence-corrected chi connectivity index (χ0v) is 15.7. The molecule has 1 aromatic rings. The van der Waals surface area contributed by atoms with Gasteiger partial charge in [0, 0.05) is 16.1 Å². The molecule has 0 aromatic heterocycles. The van der Waals surface area contributed by atoms with E-state index in [0.29, 0.717) is 15.2 Å². The Morgan fingerprint density at radius 1 is 1.12 bits per heavy atom. The van der Waals surface area contributed by atoms with Crippen LogP contribution < -0.4 is 10.7 Å². The van der Waals surface area contributed by atoms with E-state index in [1.807, 2.05) is 6.07 Å². The molecule has 0 amide bonds. The van der Waals surface area contributed by atoms with Crippen LogP contribution in [0.4, 0.5) is 0 Å². The molecule has 0 heterocycles. The molecule has 3 nitrogen and oxygen atoms in total. The number of benzene rings is 1. The molecule has 0 atom stereocenters. The Hall–Kier alpha value is -0.840. The minimum atomic E-state index is 0.201. The monoisotopic (exact) mass is 381 g/mol. The van der Waals surface area contributed by atoms with Crippen molar-refractivity contribution in [1.82, 2.24) is 10.7 Å². The lowest BCUT2D eigenvalue weighted by atomic mass is 9.53. The van der Waals surface area contributed by atoms with Crippen LogP contribution in [0, 0.1) is 17.8 Å². The maximum absolute atomic E-state index is 6.14. The number of nitrogens with one attached hydrogen (secondary N) is 2. The summed E-state index contributed by atoms with van der Waals surface area (Å²) in [5.41, 5.74) is 3.96. The van der Waals surface area contributed by atoms with E-state index in [1.165, 1.54) is 38.5 Å². The molecular weight excluding hydrogens is 361 g/mol. The third kappa shape index (κ3) is 3.42. The maximum atomic E-state index is 6.14. The van der Waals surface area contributed by atoms with Crippen molar-refractivity contribution < 1.29 is 0 Å². The Morgan fingerprint density at radius 3 is 2.33 bits per heavy atom. The fourth-order valence-electron chi connectivity index (χ4n) is 5.30. The van der Waals surface area contributed by atoms with Gasteiger partial charge in [0.05, 0.1) is 11.2 Å². The van der Waals surface area contributed by atoms with E-state index in [2.05, 4.69) is 15.8 Å². The van der Waals surface area contributed by atoms with E-state index in [9.17, 15) is 0 Å². The smallest absolute Gasteiger partial charge is 0.187 e. The molecule has 4 bridgehead atoms. The van der Waals surface area contributed by atoms with Gasteiger partial charge in [-0.3, -0.25) is 5.43 Å². The number of nitrogens with zero attached hydrogens (tertiary/aromatic N) is 1. The minimum absolute atomic E-state index is 0.201. The van der Waals surface area contributed by atoms with E-state index in [-0.39, 0.29) is 5.54 Å². The van der Waals surface area contributed by atoms with E-state index < -0.39 is 0 Å². The maximum Gasteiger partial charge on any atom is 0.187 e. The fraction of sp³-hybridized carbons (Fsp3) is 0.556. The van der Waals surface area contributed by atoms with E-state index in [4.69, 9.17) is 35.4 Å². The molecule has 1 aromatic carbocycles. The van der Waals surface area contributed by atoms with Crippen molar-refractivity contribution in [1.29, 1.82) is 0 Å². The Labute approximate surface area is 158 Å². The first kappa shape index (κ1) is 16.6. The molecule has 4 saturated carbocycles. The second kappa shape index (κ2) is 6.47. The van der Waals surface area contributed by atoms with E-state index in [1.54, 1.807) is 18.3 Å². The quantitative estimate of drug-likeness (QED) is 0.450. The average molecular weight is 382 g/mol. The average Bonchev–Trinajstić information content (AvgIpc) is 2.47. The van der Waals surface area contributed by atoms with Gasteiger partial charge < -0.3 is 5.32 Å². The van der Waals surface area contributed by atoms with Gasteiger partial charge in [-0.2, -0.15) is 5.10 Å². The standard InChI is InChI=1S/C18H21Cl2N3S/c19-15-2-1-14(16(20)6-15)10-21-23-17(24)22-18-7-11-3-12(8-18)5-13(4-11)9-18/h1-2,6,10-13H,3-5,7-9H2,(H2,22,23,24). The highest BCUT2D eigenvalue weighted by Gasteiger charge is 2.51. The summed E-state index contributed by atoms with van der Waals surface area (Å²) in [4.78, 5) is 0. The first-order valence-corrected chi connectivity index (χ1v) is 9.74. The zero-order chi connectivity index (χ0) is 16.7. The van der Waals surface area contributed by atoms with Crippen molar-refractivity contribution in [2.45, 2.75) is 44.1 Å². The van der Waals surface area contributed by atoms with E-state index in [0.717, 1.165) is 23.3 Å². The molecule has 4 fully saturated rings. The summed E-state index contributed by atoms with van der Waals surface area (Å²) in [5.74, 6) is 2.67. The van der Waals surface area contributed by atoms with Crippen molar-refractivity contribution in [2.24, 2.45) is 22.9 Å². The molecule has 0 aliphatic heterocycles. The van der Waals surface area contributed by atoms with Gasteiger partial charge in [-0.05, 0) is 80.6 Å². The molecule has 2 N–H and O–H groups in total. The molecule has 128 valence electrons. The highest BCUT2D eigenvalue weighted by atomic mass is 35.5. The number of thiocarbonyl (C=S) groups is 1. The first-order valence-electron chi connectivity index (χ1n) is 8.58. The SMILES string of the molecule is S=C(NN=Cc1ccc(Cl)cc1Cl)NC12CC3CC(CC(C3)C1)C2. The predicted octanol–water partition coefficient (Wildman–Crippen LogP) is 4.76. The van der Waals surface area contributed by atoms with Crippen LogP contribution in [0.5, 0.6) is 0 Å². The van der Waals surface area contributed by atoms with Gasteiger partial charge in [0.2, 0.25) is 0 Å². The van der Waals surface area contributed by atoms with Crippen LogP contribution in [-0.2, 0) is 0 Å². The Balaban J connectivity index is 1.36. The molecule has 0 radical (unpaired) electrons. The summed E-state index contributed by atoms with van der Waals surface area (Å²) in [6.07, 6.45) is 9.72. The molecule has 5 rings (SSSR count). The van der Waals surface area contributed by atoms with Crippen LogP contribution >= 0.6 is 35.4 Å². The van der Waals surface area contributed by atoms with Crippen LogP contribution in [0.2, 0.25) is 10.0 Å². The van der Waals surface area contributed by atoms with Crippen molar-refractivity contribution in [3.8, 4) is 0 Å². The number of hydrogen-bond acceptors (Lipinski definition) is 2. The lowest BCUT2D eigenvalue weighted by molar-refractivity contribution is -0.0101. The topological polar surface area (TPSA) is 36.4 Å². The number of hydrogen-bond donors (Lipinski definition) is 2. The van der Waals surface area contributed by atoms with Crippen molar-refractivity contribution in [3.63, 3.8) is 0 Å². The van der Waals surface area contributed by atoms with Crippen LogP contribution in [0.15, 0.2) is 23.3 Å². The van der Waals surface area contributed by atoms with Crippen LogP contribution in [0.25, 0.3) is 0 Å². The van der Waals surface area contributed by atoms with E-state index >= 15 is 0 Å². The van der Waals surface area contributed by atoms with Crippen molar-refractivity contribution >= 4 is 46.7 Å². The second-order valence-corrected chi connectivity index (χ2v) is 8.94. The molecule has 6 heteroatoms. The summed E-state index contributed by atoms with van der Waals surface area (Å²) in [6.45, 7) is 0. The first-order chi connectivity index (χ1) is 11.5. The number of rotatable bonds is 3. The molecular formula is C18H21Cl2N3S. The van der Waals surface area contributed by atoms with Crippen molar-refractivity contribution in [2.75, 3.05) is 0 Å². The van der Waals surface area contributed by atoms with Gasteiger partial charge in [-0.1, -0.05) is 29.3 Å². The molecule has 0 saturated heterocycles. The van der Waals surface area contributed by atoms with Gasteiger partial charge in [0.15, 0.2) is 5.11 Å². The minimum Gasteiger partial charge on any atom is -0.356 e. The molecule has 0 spiro atoms. The summed E-state index contributed by atoms with van der Waals surface area (Å²) in [5, 5.41) is 9.61. The largest absolute Gasteiger partial charge is 0.356 e. The number of hydrazone groups is 1. The molecule has 0 unspecified atom stereocenters. The van der Waals surface area contributed by atoms with Gasteiger partial charge in [0.25, 0.3) is 0 Å². The van der Waals surface area contributed by atoms with Crippen LogP contribution in [-0.4, -0.2) is 16.9 Å². The third-order valence-electron chi connectivity index (χ3n) is 5.75. The zero-order valence-electron chi connectivity index (χ0n) is 13.4. The highest BCUT2D eigenvalue weighted by molar-refractivity contribution is 7.80. The summed E-state index contributed by atoms with van der Waals surface area (Å²) in [7, 11) is 0. The second-order valence-electron chi connectivity index (χ2n) is 7.69. The molecule has 4 aliphatic rings. The van der Waals surface area contributed by atoms with Gasteiger partial charge >= 0.3 is 0 Å². The van der Waals surface area contributed by atoms with Crippen LogP contribution in [0.1, 0.15) is 44.1 Å². The number of halogens is 2. The predicted molar refractivity (Wildman–Crippen MR) is 104 cm³/mol.